The van der Waals surface area contributed by atoms with E-state index in [0.29, 0.717) is 11.3 Å². The number of aryl methyl sites for hydroxylation is 1. The maximum atomic E-state index is 12.7. The number of fused-ring (bicyclic) bond motifs is 1. The van der Waals surface area contributed by atoms with Crippen molar-refractivity contribution in [2.45, 2.75) is 11.8 Å². The smallest absolute Gasteiger partial charge is 0.269 e. The molecule has 0 amide bonds. The van der Waals surface area contributed by atoms with Gasteiger partial charge in [0.1, 0.15) is 5.52 Å². The molecule has 2 aromatic heterocycles. The molecule has 3 aromatic rings. The van der Waals surface area contributed by atoms with Gasteiger partial charge in [-0.15, -0.1) is 0 Å². The SMILES string of the molecule is Cc1ccc(S(=O)(=O)n2ccc3nc(NN=NN)cnc32)cc1. The molecule has 0 atom stereocenters. The standard InChI is InChI=1S/C13H13N7O2S/c1-9-2-4-10(5-3-9)23(21,22)20-7-6-11-13(20)15-8-12(16-11)17-19-18-14/h2-8H,1H3,(H2,14,19)(H,16,17,18). The number of nitrogens with one attached hydrogen (secondary N) is 1. The summed E-state index contributed by atoms with van der Waals surface area (Å²) < 4.78 is 26.5. The van der Waals surface area contributed by atoms with E-state index in [1.807, 2.05) is 6.92 Å². The Morgan fingerprint density at radius 1 is 1.22 bits per heavy atom. The van der Waals surface area contributed by atoms with Gasteiger partial charge in [-0.3, -0.25) is 0 Å². The molecule has 0 saturated carbocycles. The first kappa shape index (κ1) is 14.9. The van der Waals surface area contributed by atoms with E-state index in [-0.39, 0.29) is 10.5 Å². The molecule has 0 unspecified atom stereocenters. The lowest BCUT2D eigenvalue weighted by Crippen LogP contribution is -2.12. The summed E-state index contributed by atoms with van der Waals surface area (Å²) >= 11 is 0. The van der Waals surface area contributed by atoms with E-state index in [0.717, 1.165) is 9.54 Å². The average Bonchev–Trinajstić information content (AvgIpc) is 2.97. The Balaban J connectivity index is 2.07. The van der Waals surface area contributed by atoms with Crippen LogP contribution in [0.4, 0.5) is 5.82 Å². The first-order valence-corrected chi connectivity index (χ1v) is 7.98. The molecule has 0 radical (unpaired) electrons. The van der Waals surface area contributed by atoms with Crippen molar-refractivity contribution in [3.05, 3.63) is 48.3 Å². The number of aromatic nitrogens is 3. The van der Waals surface area contributed by atoms with Gasteiger partial charge in [-0.1, -0.05) is 28.1 Å². The van der Waals surface area contributed by atoms with Crippen molar-refractivity contribution in [3.63, 3.8) is 0 Å². The highest BCUT2D eigenvalue weighted by Gasteiger charge is 2.20. The third kappa shape index (κ3) is 2.71. The van der Waals surface area contributed by atoms with E-state index in [4.69, 9.17) is 5.84 Å². The second-order valence-electron chi connectivity index (χ2n) is 4.72. The Hall–Kier alpha value is -3.01. The van der Waals surface area contributed by atoms with E-state index in [1.165, 1.54) is 12.4 Å². The van der Waals surface area contributed by atoms with Gasteiger partial charge < -0.3 is 5.84 Å². The first-order chi connectivity index (χ1) is 11.0. The van der Waals surface area contributed by atoms with Crippen LogP contribution >= 0.6 is 0 Å². The molecule has 0 spiro atoms. The predicted octanol–water partition coefficient (Wildman–Crippen LogP) is 1.63. The van der Waals surface area contributed by atoms with Gasteiger partial charge in [0.25, 0.3) is 10.0 Å². The summed E-state index contributed by atoms with van der Waals surface area (Å²) in [7, 11) is -3.74. The summed E-state index contributed by atoms with van der Waals surface area (Å²) in [5, 5.41) is 6.43. The Labute approximate surface area is 131 Å². The average molecular weight is 331 g/mol. The fourth-order valence-electron chi connectivity index (χ4n) is 2.04. The minimum Gasteiger partial charge on any atom is -0.303 e. The van der Waals surface area contributed by atoms with Crippen molar-refractivity contribution < 1.29 is 8.42 Å². The fourth-order valence-corrected chi connectivity index (χ4v) is 3.34. The highest BCUT2D eigenvalue weighted by Crippen LogP contribution is 2.21. The van der Waals surface area contributed by atoms with Crippen molar-refractivity contribution in [2.75, 3.05) is 5.43 Å². The third-order valence-electron chi connectivity index (χ3n) is 3.16. The molecule has 10 heteroatoms. The topological polar surface area (TPSA) is 128 Å². The maximum absolute atomic E-state index is 12.7. The highest BCUT2D eigenvalue weighted by atomic mass is 32.2. The number of anilines is 1. The van der Waals surface area contributed by atoms with Crippen molar-refractivity contribution in [3.8, 4) is 0 Å². The Morgan fingerprint density at radius 3 is 2.65 bits per heavy atom. The van der Waals surface area contributed by atoms with Gasteiger partial charge in [0.2, 0.25) is 0 Å². The molecule has 0 aliphatic rings. The van der Waals surface area contributed by atoms with Crippen LogP contribution in [0.3, 0.4) is 0 Å². The normalized spacial score (nSPS) is 12.0. The Bertz CT molecular complexity index is 977. The summed E-state index contributed by atoms with van der Waals surface area (Å²) in [5.74, 6) is 5.19. The molecular formula is C13H13N7O2S. The van der Waals surface area contributed by atoms with E-state index >= 15 is 0 Å². The summed E-state index contributed by atoms with van der Waals surface area (Å²) in [5.41, 5.74) is 4.07. The van der Waals surface area contributed by atoms with E-state index in [1.54, 1.807) is 30.3 Å². The number of hydrogen-bond acceptors (Lipinski definition) is 6. The Morgan fingerprint density at radius 2 is 1.96 bits per heavy atom. The van der Waals surface area contributed by atoms with Crippen LogP contribution in [0.1, 0.15) is 5.56 Å². The molecule has 3 rings (SSSR count). The lowest BCUT2D eigenvalue weighted by atomic mass is 10.2. The number of nitrogens with zero attached hydrogens (tertiary/aromatic N) is 5. The molecule has 0 bridgehead atoms. The van der Waals surface area contributed by atoms with Crippen LogP contribution in [-0.2, 0) is 10.0 Å². The van der Waals surface area contributed by atoms with Crippen LogP contribution in [0.25, 0.3) is 11.2 Å². The van der Waals surface area contributed by atoms with Crippen molar-refractivity contribution in [2.24, 2.45) is 16.3 Å². The van der Waals surface area contributed by atoms with Crippen LogP contribution < -0.4 is 11.3 Å². The Kier molecular flexibility index (Phi) is 3.66. The van der Waals surface area contributed by atoms with Crippen molar-refractivity contribution in [1.29, 1.82) is 0 Å². The zero-order valence-corrected chi connectivity index (χ0v) is 12.9. The highest BCUT2D eigenvalue weighted by molar-refractivity contribution is 7.90. The van der Waals surface area contributed by atoms with Crippen molar-refractivity contribution >= 4 is 27.0 Å². The second-order valence-corrected chi connectivity index (χ2v) is 6.54. The lowest BCUT2D eigenvalue weighted by Gasteiger charge is -2.07. The zero-order chi connectivity index (χ0) is 16.4. The molecule has 0 saturated heterocycles. The van der Waals surface area contributed by atoms with Crippen LogP contribution in [-0.4, -0.2) is 22.4 Å². The summed E-state index contributed by atoms with van der Waals surface area (Å²) in [6.07, 6.45) is 2.76. The largest absolute Gasteiger partial charge is 0.303 e. The van der Waals surface area contributed by atoms with Gasteiger partial charge >= 0.3 is 0 Å². The molecule has 2 heterocycles. The minimum absolute atomic E-state index is 0.182. The minimum atomic E-state index is -3.74. The fraction of sp³-hybridized carbons (Fsp3) is 0.0769. The van der Waals surface area contributed by atoms with Crippen LogP contribution in [0.15, 0.2) is 58.1 Å². The van der Waals surface area contributed by atoms with Gasteiger partial charge in [0, 0.05) is 6.20 Å². The number of nitrogens with two attached hydrogens (primary N) is 1. The van der Waals surface area contributed by atoms with Crippen LogP contribution in [0.2, 0.25) is 0 Å². The molecule has 0 fully saturated rings. The van der Waals surface area contributed by atoms with Gasteiger partial charge in [-0.25, -0.2) is 27.8 Å². The molecule has 0 aliphatic heterocycles. The third-order valence-corrected chi connectivity index (χ3v) is 4.84. The van der Waals surface area contributed by atoms with Gasteiger partial charge in [-0.05, 0) is 25.1 Å². The van der Waals surface area contributed by atoms with Crippen LogP contribution in [0, 0.1) is 6.92 Å². The molecule has 23 heavy (non-hydrogen) atoms. The predicted molar refractivity (Wildman–Crippen MR) is 84.0 cm³/mol. The molecule has 3 N–H and O–H groups in total. The van der Waals surface area contributed by atoms with Gasteiger partial charge in [-0.2, -0.15) is 0 Å². The van der Waals surface area contributed by atoms with Crippen molar-refractivity contribution in [1.82, 2.24) is 13.9 Å². The molecular weight excluding hydrogens is 318 g/mol. The van der Waals surface area contributed by atoms with E-state index in [9.17, 15) is 8.42 Å². The van der Waals surface area contributed by atoms with E-state index in [2.05, 4.69) is 25.8 Å². The summed E-state index contributed by atoms with van der Waals surface area (Å²) in [6, 6.07) is 8.15. The zero-order valence-electron chi connectivity index (χ0n) is 12.1. The number of hydrogen-bond donors (Lipinski definition) is 2. The molecule has 1 aromatic carbocycles. The molecule has 9 nitrogen and oxygen atoms in total. The van der Waals surface area contributed by atoms with Gasteiger partial charge in [0.15, 0.2) is 11.5 Å². The maximum Gasteiger partial charge on any atom is 0.269 e. The quantitative estimate of drug-likeness (QED) is 0.425. The van der Waals surface area contributed by atoms with E-state index < -0.39 is 10.0 Å². The number of rotatable bonds is 4. The molecule has 118 valence electrons. The lowest BCUT2D eigenvalue weighted by molar-refractivity contribution is 0.588. The van der Waals surface area contributed by atoms with Crippen LogP contribution in [0.5, 0.6) is 0 Å². The summed E-state index contributed by atoms with van der Waals surface area (Å²) in [6.45, 7) is 1.89. The number of benzene rings is 1. The summed E-state index contributed by atoms with van der Waals surface area (Å²) in [4.78, 5) is 8.49. The second kappa shape index (κ2) is 5.65. The monoisotopic (exact) mass is 331 g/mol. The molecule has 0 aliphatic carbocycles. The van der Waals surface area contributed by atoms with Gasteiger partial charge in [0.05, 0.1) is 11.1 Å². The first-order valence-electron chi connectivity index (χ1n) is 6.54.